The van der Waals surface area contributed by atoms with Crippen molar-refractivity contribution in [2.75, 3.05) is 11.4 Å². The number of para-hydroxylation sites is 1. The molecule has 1 spiro atoms. The molecule has 1 aromatic carbocycles. The van der Waals surface area contributed by atoms with Gasteiger partial charge in [-0.2, -0.15) is 0 Å². The number of allylic oxidation sites excluding steroid dienone is 2. The van der Waals surface area contributed by atoms with Gasteiger partial charge in [0, 0.05) is 0 Å². The van der Waals surface area contributed by atoms with E-state index in [1.807, 2.05) is 50.8 Å². The summed E-state index contributed by atoms with van der Waals surface area (Å²) in [6, 6.07) is 9.77. The van der Waals surface area contributed by atoms with Crippen LogP contribution >= 0.6 is 7.43 Å². The van der Waals surface area contributed by atoms with Crippen LogP contribution in [0.25, 0.3) is 0 Å². The Bertz CT molecular complexity index is 583. The Morgan fingerprint density at radius 3 is 2.11 bits per heavy atom. The van der Waals surface area contributed by atoms with Crippen LogP contribution in [0.15, 0.2) is 47.0 Å². The fourth-order valence-electron chi connectivity index (χ4n) is 2.35. The van der Waals surface area contributed by atoms with Gasteiger partial charge in [-0.05, 0) is 0 Å². The summed E-state index contributed by atoms with van der Waals surface area (Å²) in [5, 5.41) is 4.44. The summed E-state index contributed by atoms with van der Waals surface area (Å²) in [6.45, 7) is 7.41. The Kier molecular flexibility index (Phi) is 2.36. The molecule has 2 aliphatic rings. The van der Waals surface area contributed by atoms with Gasteiger partial charge in [0.1, 0.15) is 0 Å². The van der Waals surface area contributed by atoms with E-state index in [2.05, 4.69) is 5.10 Å². The summed E-state index contributed by atoms with van der Waals surface area (Å²) in [7, 11) is -3.46. The molecule has 0 aromatic heterocycles. The van der Waals surface area contributed by atoms with Crippen molar-refractivity contribution in [3.8, 4) is 0 Å². The molecule has 0 aliphatic carbocycles. The molecule has 0 saturated carbocycles. The van der Waals surface area contributed by atoms with Crippen LogP contribution in [-0.4, -0.2) is 12.6 Å². The first kappa shape index (κ1) is 12.3. The second-order valence-electron chi connectivity index (χ2n) is 4.85. The van der Waals surface area contributed by atoms with E-state index in [9.17, 15) is 0 Å². The zero-order chi connectivity index (χ0) is 13.7. The number of anilines is 1. The second-order valence-corrected chi connectivity index (χ2v) is 8.21. The zero-order valence-electron chi connectivity index (χ0n) is 11.5. The van der Waals surface area contributed by atoms with Gasteiger partial charge in [-0.3, -0.25) is 0 Å². The number of benzene rings is 1. The van der Waals surface area contributed by atoms with Gasteiger partial charge in [-0.15, -0.1) is 0 Å². The predicted octanol–water partition coefficient (Wildman–Crippen LogP) is 4.00. The predicted molar refractivity (Wildman–Crippen MR) is 76.5 cm³/mol. The Morgan fingerprint density at radius 2 is 1.53 bits per heavy atom. The molecular formula is C13H17N2O3P. The van der Waals surface area contributed by atoms with Crippen LogP contribution in [0.4, 0.5) is 5.69 Å². The van der Waals surface area contributed by atoms with Gasteiger partial charge in [0.15, 0.2) is 0 Å². The standard InChI is InChI=1S/C13H17N2O3P/c1-10-11(2)17-19(4,16-10)15(14-12(3)18-19)13-8-6-5-7-9-13/h5-9H,1-4H3. The number of hydrazone groups is 1. The van der Waals surface area contributed by atoms with Gasteiger partial charge >= 0.3 is 112 Å². The SMILES string of the molecule is CC1=NN(c2ccccc2)P2(C)(O1)OC(C)=C(C)O2. The quantitative estimate of drug-likeness (QED) is 0.729. The first-order valence-electron chi connectivity index (χ1n) is 6.12. The van der Waals surface area contributed by atoms with Gasteiger partial charge in [0.05, 0.1) is 0 Å². The van der Waals surface area contributed by atoms with Crippen LogP contribution in [0.2, 0.25) is 0 Å². The Labute approximate surface area is 112 Å². The monoisotopic (exact) mass is 280 g/mol. The molecule has 0 fully saturated rings. The van der Waals surface area contributed by atoms with Gasteiger partial charge in [-0.1, -0.05) is 0 Å². The van der Waals surface area contributed by atoms with E-state index in [0.29, 0.717) is 5.90 Å². The van der Waals surface area contributed by atoms with E-state index in [1.165, 1.54) is 0 Å². The van der Waals surface area contributed by atoms with Crippen LogP contribution in [-0.2, 0) is 13.6 Å². The topological polar surface area (TPSA) is 43.3 Å². The Morgan fingerprint density at radius 1 is 0.947 bits per heavy atom. The average Bonchev–Trinajstić information content (AvgIpc) is 2.74. The molecule has 6 heteroatoms. The summed E-state index contributed by atoms with van der Waals surface area (Å²) < 4.78 is 19.7. The molecule has 1 aromatic rings. The molecule has 0 unspecified atom stereocenters. The van der Waals surface area contributed by atoms with Gasteiger partial charge in [0.25, 0.3) is 0 Å². The number of hydrogen-bond acceptors (Lipinski definition) is 5. The van der Waals surface area contributed by atoms with Gasteiger partial charge in [-0.25, -0.2) is 0 Å². The molecule has 0 saturated heterocycles. The fourth-order valence-corrected chi connectivity index (χ4v) is 5.79. The summed E-state index contributed by atoms with van der Waals surface area (Å²) in [5.74, 6) is 2.03. The van der Waals surface area contributed by atoms with E-state index < -0.39 is 7.43 Å². The molecule has 2 heterocycles. The Balaban J connectivity index is 2.08. The first-order chi connectivity index (χ1) is 8.91. The first-order valence-corrected chi connectivity index (χ1v) is 8.51. The molecule has 0 atom stereocenters. The van der Waals surface area contributed by atoms with E-state index in [-0.39, 0.29) is 0 Å². The number of nitrogens with zero attached hydrogens (tertiary/aromatic N) is 2. The fraction of sp³-hybridized carbons (Fsp3) is 0.308. The van der Waals surface area contributed by atoms with Crippen LogP contribution in [0.5, 0.6) is 0 Å². The molecule has 3 rings (SSSR count). The minimum atomic E-state index is -3.46. The van der Waals surface area contributed by atoms with E-state index in [1.54, 1.807) is 11.7 Å². The number of hydrogen-bond donors (Lipinski definition) is 0. The molecule has 102 valence electrons. The molecule has 5 nitrogen and oxygen atoms in total. The van der Waals surface area contributed by atoms with Crippen molar-refractivity contribution < 1.29 is 13.6 Å². The summed E-state index contributed by atoms with van der Waals surface area (Å²) in [5.41, 5.74) is 0.891. The van der Waals surface area contributed by atoms with Crippen LogP contribution in [0, 0.1) is 0 Å². The van der Waals surface area contributed by atoms with Crippen LogP contribution < -0.4 is 4.78 Å². The second kappa shape index (κ2) is 3.64. The molecule has 19 heavy (non-hydrogen) atoms. The van der Waals surface area contributed by atoms with E-state index in [4.69, 9.17) is 13.6 Å². The molecule has 0 N–H and O–H groups in total. The third-order valence-corrected chi connectivity index (χ3v) is 6.38. The average molecular weight is 280 g/mol. The maximum absolute atomic E-state index is 6.02. The third kappa shape index (κ3) is 1.69. The van der Waals surface area contributed by atoms with Crippen molar-refractivity contribution in [1.82, 2.24) is 0 Å². The normalized spacial score (nSPS) is 25.2. The van der Waals surface area contributed by atoms with Crippen molar-refractivity contribution >= 4 is 19.0 Å². The molecule has 0 bridgehead atoms. The van der Waals surface area contributed by atoms with Crippen molar-refractivity contribution in [3.05, 3.63) is 41.9 Å². The minimum absolute atomic E-state index is 0.548. The third-order valence-electron chi connectivity index (χ3n) is 3.17. The maximum atomic E-state index is 6.02. The van der Waals surface area contributed by atoms with E-state index >= 15 is 0 Å². The number of rotatable bonds is 1. The summed E-state index contributed by atoms with van der Waals surface area (Å²) >= 11 is 0. The van der Waals surface area contributed by atoms with Crippen LogP contribution in [0.3, 0.4) is 0 Å². The molecule has 2 aliphatic heterocycles. The molecule has 0 radical (unpaired) electrons. The summed E-state index contributed by atoms with van der Waals surface area (Å²) in [4.78, 5) is 0. The van der Waals surface area contributed by atoms with Crippen LogP contribution in [0.1, 0.15) is 20.8 Å². The van der Waals surface area contributed by atoms with Crippen molar-refractivity contribution in [1.29, 1.82) is 0 Å². The van der Waals surface area contributed by atoms with E-state index in [0.717, 1.165) is 17.2 Å². The van der Waals surface area contributed by atoms with Gasteiger partial charge in [0.2, 0.25) is 0 Å². The molecular weight excluding hydrogens is 263 g/mol. The van der Waals surface area contributed by atoms with Crippen molar-refractivity contribution in [2.24, 2.45) is 5.10 Å². The Hall–Kier alpha value is -1.74. The van der Waals surface area contributed by atoms with Crippen molar-refractivity contribution in [2.45, 2.75) is 20.8 Å². The zero-order valence-corrected chi connectivity index (χ0v) is 12.3. The molecule has 0 amide bonds. The van der Waals surface area contributed by atoms with Crippen molar-refractivity contribution in [3.63, 3.8) is 0 Å². The van der Waals surface area contributed by atoms with Gasteiger partial charge < -0.3 is 0 Å². The summed E-state index contributed by atoms with van der Waals surface area (Å²) in [6.07, 6.45) is 0.